The molecule has 0 spiro atoms. The van der Waals surface area contributed by atoms with E-state index < -0.39 is 6.10 Å². The van der Waals surface area contributed by atoms with Gasteiger partial charge < -0.3 is 20.5 Å². The summed E-state index contributed by atoms with van der Waals surface area (Å²) in [4.78, 5) is 2.32. The number of hydrogen-bond acceptors (Lipinski definition) is 4. The first-order valence-corrected chi connectivity index (χ1v) is 12.1. The highest BCUT2D eigenvalue weighted by Crippen LogP contribution is 2.30. The van der Waals surface area contributed by atoms with Crippen molar-refractivity contribution in [3.05, 3.63) is 94.3 Å². The lowest BCUT2D eigenvalue weighted by Crippen LogP contribution is -2.40. The summed E-state index contributed by atoms with van der Waals surface area (Å²) in [6.45, 7) is 6.76. The quantitative estimate of drug-likeness (QED) is 0.344. The number of ether oxygens (including phenoxy) is 1. The Morgan fingerprint density at radius 3 is 2.14 bits per heavy atom. The fraction of sp³-hybridized carbons (Fsp3) is 0.379. The number of β-amino-alcohol motifs (C(OH)–C–C–N with tert-alkyl or cyclic N) is 1. The summed E-state index contributed by atoms with van der Waals surface area (Å²) < 4.78 is 19.0. The van der Waals surface area contributed by atoms with Gasteiger partial charge in [0.05, 0.1) is 5.69 Å². The number of likely N-dealkylation sites (tertiary alicyclic amines) is 1. The van der Waals surface area contributed by atoms with Crippen LogP contribution in [0.4, 0.5) is 10.1 Å². The number of aryl methyl sites for hydroxylation is 2. The summed E-state index contributed by atoms with van der Waals surface area (Å²) in [6, 6.07) is 19.5. The van der Waals surface area contributed by atoms with Gasteiger partial charge in [0.1, 0.15) is 24.3 Å². The third kappa shape index (κ3) is 8.10. The van der Waals surface area contributed by atoms with E-state index in [1.54, 1.807) is 0 Å². The third-order valence-electron chi connectivity index (χ3n) is 6.70. The molecular weight excluding hydrogens is 498 g/mol. The minimum Gasteiger partial charge on any atom is -0.488 e. The molecule has 3 aromatic carbocycles. The minimum atomic E-state index is -0.553. The Bertz CT molecular complexity index is 1060. The van der Waals surface area contributed by atoms with Crippen LogP contribution < -0.4 is 10.5 Å². The van der Waals surface area contributed by atoms with Gasteiger partial charge in [0.25, 0.3) is 0 Å². The van der Waals surface area contributed by atoms with Gasteiger partial charge in [-0.05, 0) is 98.1 Å². The van der Waals surface area contributed by atoms with E-state index in [1.807, 2.05) is 38.1 Å². The van der Waals surface area contributed by atoms with E-state index in [0.717, 1.165) is 49.0 Å². The van der Waals surface area contributed by atoms with E-state index in [4.69, 9.17) is 10.5 Å². The maximum Gasteiger partial charge on any atom is 0.145 e. The van der Waals surface area contributed by atoms with Crippen molar-refractivity contribution in [1.29, 1.82) is 0 Å². The molecule has 0 aliphatic carbocycles. The molecule has 196 valence electrons. The highest BCUT2D eigenvalue weighted by Gasteiger charge is 2.22. The van der Waals surface area contributed by atoms with Crippen LogP contribution in [0.2, 0.25) is 0 Å². The molecule has 7 heteroatoms. The maximum absolute atomic E-state index is 13.1. The summed E-state index contributed by atoms with van der Waals surface area (Å²) in [7, 11) is 0. The topological polar surface area (TPSA) is 58.7 Å². The van der Waals surface area contributed by atoms with Gasteiger partial charge in [0.15, 0.2) is 0 Å². The summed E-state index contributed by atoms with van der Waals surface area (Å²) in [5.74, 6) is 1.02. The zero-order chi connectivity index (χ0) is 24.1. The average Bonchev–Trinajstić information content (AvgIpc) is 2.81. The molecule has 36 heavy (non-hydrogen) atoms. The Morgan fingerprint density at radius 1 is 0.972 bits per heavy atom. The van der Waals surface area contributed by atoms with Crippen molar-refractivity contribution in [1.82, 2.24) is 4.90 Å². The van der Waals surface area contributed by atoms with Gasteiger partial charge >= 0.3 is 0 Å². The molecule has 1 fully saturated rings. The van der Waals surface area contributed by atoms with Crippen molar-refractivity contribution >= 4 is 30.5 Å². The van der Waals surface area contributed by atoms with Gasteiger partial charge in [-0.3, -0.25) is 0 Å². The van der Waals surface area contributed by atoms with E-state index in [9.17, 15) is 9.50 Å². The molecule has 0 unspecified atom stereocenters. The smallest absolute Gasteiger partial charge is 0.145 e. The monoisotopic (exact) mass is 534 g/mol. The molecule has 0 radical (unpaired) electrons. The molecule has 3 N–H and O–H groups in total. The van der Waals surface area contributed by atoms with E-state index in [2.05, 4.69) is 29.2 Å². The first kappa shape index (κ1) is 29.9. The van der Waals surface area contributed by atoms with Gasteiger partial charge in [0, 0.05) is 6.54 Å². The number of anilines is 1. The summed E-state index contributed by atoms with van der Waals surface area (Å²) in [6.07, 6.45) is 2.42. The van der Waals surface area contributed by atoms with Crippen molar-refractivity contribution in [2.24, 2.45) is 0 Å². The minimum absolute atomic E-state index is 0. The SMILES string of the molecule is Cc1cc(C)c(OC[C@@H](O)CN2CCC(c3ccc(Cc4ccc(F)cc4)cc3)CC2)c(N)c1.Cl.Cl. The lowest BCUT2D eigenvalue weighted by Gasteiger charge is -2.33. The lowest BCUT2D eigenvalue weighted by atomic mass is 9.88. The molecule has 0 bridgehead atoms. The van der Waals surface area contributed by atoms with E-state index in [0.29, 0.717) is 23.9 Å². The Labute approximate surface area is 226 Å². The molecule has 1 aliphatic heterocycles. The van der Waals surface area contributed by atoms with Crippen molar-refractivity contribution < 1.29 is 14.2 Å². The summed E-state index contributed by atoms with van der Waals surface area (Å²) in [5, 5.41) is 10.5. The number of nitrogen functional groups attached to an aromatic ring is 1. The van der Waals surface area contributed by atoms with Crippen LogP contribution in [-0.2, 0) is 6.42 Å². The number of piperidine rings is 1. The maximum atomic E-state index is 13.1. The number of aliphatic hydroxyl groups excluding tert-OH is 1. The molecule has 4 nitrogen and oxygen atoms in total. The fourth-order valence-electron chi connectivity index (χ4n) is 4.91. The number of halogens is 3. The van der Waals surface area contributed by atoms with E-state index >= 15 is 0 Å². The third-order valence-corrected chi connectivity index (χ3v) is 6.70. The summed E-state index contributed by atoms with van der Waals surface area (Å²) >= 11 is 0. The Hall–Kier alpha value is -2.31. The molecule has 1 atom stereocenters. The average molecular weight is 536 g/mol. The van der Waals surface area contributed by atoms with Crippen LogP contribution in [0.25, 0.3) is 0 Å². The number of benzene rings is 3. The van der Waals surface area contributed by atoms with Crippen LogP contribution in [0.1, 0.15) is 46.6 Å². The Kier molecular flexibility index (Phi) is 11.5. The second-order valence-corrected chi connectivity index (χ2v) is 9.58. The first-order valence-electron chi connectivity index (χ1n) is 12.1. The van der Waals surface area contributed by atoms with Crippen molar-refractivity contribution in [2.75, 3.05) is 32.0 Å². The zero-order valence-electron chi connectivity index (χ0n) is 21.0. The molecule has 0 aromatic heterocycles. The number of aliphatic hydroxyl groups is 1. The van der Waals surface area contributed by atoms with Crippen LogP contribution in [0.3, 0.4) is 0 Å². The summed E-state index contributed by atoms with van der Waals surface area (Å²) in [5.41, 5.74) is 12.5. The predicted octanol–water partition coefficient (Wildman–Crippen LogP) is 6.08. The van der Waals surface area contributed by atoms with Gasteiger partial charge in [-0.25, -0.2) is 4.39 Å². The zero-order valence-corrected chi connectivity index (χ0v) is 22.6. The standard InChI is InChI=1S/C29H35FN2O2.2ClH/c1-20-15-21(2)29(28(31)16-20)34-19-27(33)18-32-13-11-25(12-14-32)24-7-3-22(4-8-24)17-23-5-9-26(30)10-6-23;;/h3-10,15-16,25,27,33H,11-14,17-19,31H2,1-2H3;2*1H/t27-;;/m0../s1. The van der Waals surface area contributed by atoms with Crippen molar-refractivity contribution in [2.45, 2.75) is 45.1 Å². The number of nitrogens with zero attached hydrogens (tertiary/aromatic N) is 1. The number of nitrogens with two attached hydrogens (primary N) is 1. The Morgan fingerprint density at radius 2 is 1.56 bits per heavy atom. The molecule has 0 saturated carbocycles. The fourth-order valence-corrected chi connectivity index (χ4v) is 4.91. The molecule has 3 aromatic rings. The molecular formula is C29H37Cl2FN2O2. The molecule has 1 aliphatic rings. The van der Waals surface area contributed by atoms with Crippen LogP contribution in [0.15, 0.2) is 60.7 Å². The molecule has 4 rings (SSSR count). The van der Waals surface area contributed by atoms with E-state index in [1.165, 1.54) is 23.3 Å². The van der Waals surface area contributed by atoms with Crippen LogP contribution in [-0.4, -0.2) is 42.4 Å². The van der Waals surface area contributed by atoms with Crippen LogP contribution in [0, 0.1) is 19.7 Å². The second-order valence-electron chi connectivity index (χ2n) is 9.58. The normalized spacial score (nSPS) is 15.0. The molecule has 1 saturated heterocycles. The molecule has 1 heterocycles. The second kappa shape index (κ2) is 13.8. The van der Waals surface area contributed by atoms with Gasteiger partial charge in [0.2, 0.25) is 0 Å². The van der Waals surface area contributed by atoms with Crippen molar-refractivity contribution in [3.63, 3.8) is 0 Å². The Balaban J connectivity index is 0.00000228. The highest BCUT2D eigenvalue weighted by atomic mass is 35.5. The predicted molar refractivity (Wildman–Crippen MR) is 150 cm³/mol. The first-order chi connectivity index (χ1) is 16.4. The number of rotatable bonds is 8. The van der Waals surface area contributed by atoms with Crippen LogP contribution >= 0.6 is 24.8 Å². The van der Waals surface area contributed by atoms with Crippen LogP contribution in [0.5, 0.6) is 5.75 Å². The van der Waals surface area contributed by atoms with E-state index in [-0.39, 0.29) is 37.2 Å². The number of hydrogen-bond donors (Lipinski definition) is 2. The largest absolute Gasteiger partial charge is 0.488 e. The van der Waals surface area contributed by atoms with Gasteiger partial charge in [-0.15, -0.1) is 24.8 Å². The van der Waals surface area contributed by atoms with Crippen molar-refractivity contribution in [3.8, 4) is 5.75 Å². The van der Waals surface area contributed by atoms with Gasteiger partial charge in [-0.2, -0.15) is 0 Å². The molecule has 0 amide bonds. The van der Waals surface area contributed by atoms with Gasteiger partial charge in [-0.1, -0.05) is 42.5 Å². The highest BCUT2D eigenvalue weighted by molar-refractivity contribution is 5.85. The lowest BCUT2D eigenvalue weighted by molar-refractivity contribution is 0.0595.